The van der Waals surface area contributed by atoms with Crippen molar-refractivity contribution in [3.8, 4) is 11.5 Å². The maximum Gasteiger partial charge on any atom is 0.277 e. The van der Waals surface area contributed by atoms with E-state index >= 15 is 0 Å². The lowest BCUT2D eigenvalue weighted by atomic mass is 10.2. The van der Waals surface area contributed by atoms with E-state index in [1.54, 1.807) is 0 Å². The van der Waals surface area contributed by atoms with Crippen LogP contribution >= 0.6 is 27.7 Å². The minimum atomic E-state index is -0.0364. The monoisotopic (exact) mass is 366 g/mol. The maximum absolute atomic E-state index is 12.0. The molecule has 0 saturated heterocycles. The molecule has 1 aliphatic carbocycles. The van der Waals surface area contributed by atoms with E-state index < -0.39 is 0 Å². The molecule has 3 rings (SSSR count). The van der Waals surface area contributed by atoms with E-state index in [1.807, 2.05) is 24.3 Å². The molecular weight excluding hydrogens is 352 g/mol. The van der Waals surface area contributed by atoms with Crippen LogP contribution in [0.4, 0.5) is 0 Å². The Labute approximate surface area is 135 Å². The third-order valence-corrected chi connectivity index (χ3v) is 5.17. The van der Waals surface area contributed by atoms with Gasteiger partial charge < -0.3 is 4.42 Å². The number of halogens is 1. The second-order valence-corrected chi connectivity index (χ2v) is 7.12. The second-order valence-electron chi connectivity index (χ2n) is 5.05. The Kier molecular flexibility index (Phi) is 4.75. The molecule has 6 heteroatoms. The van der Waals surface area contributed by atoms with Crippen molar-refractivity contribution in [2.45, 2.75) is 42.6 Å². The summed E-state index contributed by atoms with van der Waals surface area (Å²) in [6.07, 6.45) is 4.81. The molecule has 1 aliphatic rings. The van der Waals surface area contributed by atoms with E-state index in [-0.39, 0.29) is 5.25 Å². The zero-order chi connectivity index (χ0) is 14.7. The summed E-state index contributed by atoms with van der Waals surface area (Å²) in [5, 5.41) is 8.57. The molecule has 1 aromatic heterocycles. The van der Waals surface area contributed by atoms with E-state index in [0.29, 0.717) is 23.3 Å². The van der Waals surface area contributed by atoms with Crippen molar-refractivity contribution >= 4 is 33.5 Å². The molecule has 0 spiro atoms. The van der Waals surface area contributed by atoms with E-state index in [0.717, 1.165) is 35.7 Å². The molecular formula is C15H15BrN2O2S. The summed E-state index contributed by atoms with van der Waals surface area (Å²) in [5.41, 5.74) is 0.879. The number of aromatic nitrogens is 2. The van der Waals surface area contributed by atoms with Gasteiger partial charge in [-0.3, -0.25) is 4.79 Å². The van der Waals surface area contributed by atoms with Gasteiger partial charge in [-0.15, -0.1) is 10.2 Å². The maximum atomic E-state index is 12.0. The summed E-state index contributed by atoms with van der Waals surface area (Å²) in [7, 11) is 0. The van der Waals surface area contributed by atoms with Gasteiger partial charge in [-0.1, -0.05) is 40.5 Å². The predicted octanol–water partition coefficient (Wildman–Crippen LogP) is 4.49. The fourth-order valence-electron chi connectivity index (χ4n) is 2.34. The number of carbonyl (C=O) groups is 1. The fraction of sp³-hybridized carbons (Fsp3) is 0.400. The minimum absolute atomic E-state index is 0.0364. The molecule has 4 nitrogen and oxygen atoms in total. The van der Waals surface area contributed by atoms with Crippen LogP contribution in [0.5, 0.6) is 0 Å². The molecule has 1 atom stereocenters. The van der Waals surface area contributed by atoms with Crippen LogP contribution in [0.1, 0.15) is 32.1 Å². The SMILES string of the molecule is O=C1CCCCCC1Sc1nnc(-c2ccc(Br)cc2)o1. The lowest BCUT2D eigenvalue weighted by Crippen LogP contribution is -2.14. The molecule has 2 aromatic rings. The largest absolute Gasteiger partial charge is 0.411 e. The van der Waals surface area contributed by atoms with E-state index in [1.165, 1.54) is 11.8 Å². The van der Waals surface area contributed by atoms with Crippen LogP contribution in [0.25, 0.3) is 11.5 Å². The van der Waals surface area contributed by atoms with Gasteiger partial charge in [0, 0.05) is 16.5 Å². The smallest absolute Gasteiger partial charge is 0.277 e. The third kappa shape index (κ3) is 3.74. The highest BCUT2D eigenvalue weighted by Gasteiger charge is 2.24. The van der Waals surface area contributed by atoms with Gasteiger partial charge in [0.05, 0.1) is 5.25 Å². The standard InChI is InChI=1S/C15H15BrN2O2S/c16-11-8-6-10(7-9-11)14-17-18-15(20-14)21-13-5-3-1-2-4-12(13)19/h6-9,13H,1-5H2. The average molecular weight is 367 g/mol. The highest BCUT2D eigenvalue weighted by Crippen LogP contribution is 2.32. The molecule has 0 aliphatic heterocycles. The summed E-state index contributed by atoms with van der Waals surface area (Å²) < 4.78 is 6.68. The van der Waals surface area contributed by atoms with Gasteiger partial charge in [-0.2, -0.15) is 0 Å². The van der Waals surface area contributed by atoms with Crippen LogP contribution < -0.4 is 0 Å². The van der Waals surface area contributed by atoms with Gasteiger partial charge in [0.15, 0.2) is 0 Å². The van der Waals surface area contributed by atoms with Crippen molar-refractivity contribution in [1.29, 1.82) is 0 Å². The Balaban J connectivity index is 1.72. The van der Waals surface area contributed by atoms with Crippen LogP contribution in [-0.4, -0.2) is 21.2 Å². The average Bonchev–Trinajstić information content (AvgIpc) is 2.85. The van der Waals surface area contributed by atoms with E-state index in [4.69, 9.17) is 4.42 Å². The van der Waals surface area contributed by atoms with Gasteiger partial charge in [0.25, 0.3) is 5.22 Å². The summed E-state index contributed by atoms with van der Waals surface area (Å²) in [5.74, 6) is 0.798. The molecule has 0 N–H and O–H groups in total. The normalized spacial score (nSPS) is 19.5. The quantitative estimate of drug-likeness (QED) is 0.748. The molecule has 1 unspecified atom stereocenters. The van der Waals surface area contributed by atoms with Crippen molar-refractivity contribution in [1.82, 2.24) is 10.2 Å². The Hall–Kier alpha value is -1.14. The van der Waals surface area contributed by atoms with Crippen LogP contribution in [0.2, 0.25) is 0 Å². The first-order valence-corrected chi connectivity index (χ1v) is 8.68. The number of hydrogen-bond acceptors (Lipinski definition) is 5. The van der Waals surface area contributed by atoms with Gasteiger partial charge >= 0.3 is 0 Å². The number of Topliss-reactive ketones (excluding diaryl/α,β-unsaturated/α-hetero) is 1. The molecule has 110 valence electrons. The van der Waals surface area contributed by atoms with Crippen molar-refractivity contribution < 1.29 is 9.21 Å². The molecule has 0 amide bonds. The van der Waals surface area contributed by atoms with Crippen LogP contribution in [0, 0.1) is 0 Å². The number of thioether (sulfide) groups is 1. The summed E-state index contributed by atoms with van der Waals surface area (Å²) in [6.45, 7) is 0. The van der Waals surface area contributed by atoms with Gasteiger partial charge in [0.2, 0.25) is 5.89 Å². The first-order valence-electron chi connectivity index (χ1n) is 7.01. The Morgan fingerprint density at radius 3 is 2.76 bits per heavy atom. The number of ketones is 1. The summed E-state index contributed by atoms with van der Waals surface area (Å²) >= 11 is 4.80. The number of hydrogen-bond donors (Lipinski definition) is 0. The molecule has 0 bridgehead atoms. The van der Waals surface area contributed by atoms with Crippen molar-refractivity contribution in [2.75, 3.05) is 0 Å². The van der Waals surface area contributed by atoms with E-state index in [9.17, 15) is 4.79 Å². The molecule has 1 aromatic carbocycles. The number of nitrogens with zero attached hydrogens (tertiary/aromatic N) is 2. The predicted molar refractivity (Wildman–Crippen MR) is 85.2 cm³/mol. The first-order chi connectivity index (χ1) is 10.2. The lowest BCUT2D eigenvalue weighted by Gasteiger charge is -2.08. The number of benzene rings is 1. The fourth-order valence-corrected chi connectivity index (χ4v) is 3.60. The molecule has 1 fully saturated rings. The molecule has 0 radical (unpaired) electrons. The van der Waals surface area contributed by atoms with Crippen molar-refractivity contribution in [2.24, 2.45) is 0 Å². The topological polar surface area (TPSA) is 56.0 Å². The zero-order valence-electron chi connectivity index (χ0n) is 11.4. The van der Waals surface area contributed by atoms with Crippen LogP contribution in [0.15, 0.2) is 38.4 Å². The van der Waals surface area contributed by atoms with Crippen LogP contribution in [-0.2, 0) is 4.79 Å². The molecule has 1 saturated carbocycles. The third-order valence-electron chi connectivity index (χ3n) is 3.49. The Morgan fingerprint density at radius 1 is 1.14 bits per heavy atom. The highest BCUT2D eigenvalue weighted by molar-refractivity contribution is 9.10. The minimum Gasteiger partial charge on any atom is -0.411 e. The van der Waals surface area contributed by atoms with Crippen molar-refractivity contribution in [3.05, 3.63) is 28.7 Å². The van der Waals surface area contributed by atoms with Gasteiger partial charge in [-0.05, 0) is 37.1 Å². The molecule has 1 heterocycles. The lowest BCUT2D eigenvalue weighted by molar-refractivity contribution is -0.118. The summed E-state index contributed by atoms with van der Waals surface area (Å²) in [6, 6.07) is 7.70. The van der Waals surface area contributed by atoms with Gasteiger partial charge in [0.1, 0.15) is 5.78 Å². The second kappa shape index (κ2) is 6.75. The highest BCUT2D eigenvalue weighted by atomic mass is 79.9. The van der Waals surface area contributed by atoms with Crippen molar-refractivity contribution in [3.63, 3.8) is 0 Å². The van der Waals surface area contributed by atoms with Gasteiger partial charge in [-0.25, -0.2) is 0 Å². The Bertz CT molecular complexity index is 627. The number of carbonyl (C=O) groups excluding carboxylic acids is 1. The van der Waals surface area contributed by atoms with Crippen LogP contribution in [0.3, 0.4) is 0 Å². The zero-order valence-corrected chi connectivity index (χ0v) is 13.8. The number of rotatable bonds is 3. The molecule has 21 heavy (non-hydrogen) atoms. The first kappa shape index (κ1) is 14.8. The Morgan fingerprint density at radius 2 is 1.95 bits per heavy atom. The van der Waals surface area contributed by atoms with E-state index in [2.05, 4.69) is 26.1 Å². The summed E-state index contributed by atoms with van der Waals surface area (Å²) in [4.78, 5) is 12.0.